The normalized spacial score (nSPS) is 10.1. The highest BCUT2D eigenvalue weighted by Crippen LogP contribution is 1.99. The van der Waals surface area contributed by atoms with E-state index in [1.807, 2.05) is 6.07 Å². The predicted octanol–water partition coefficient (Wildman–Crippen LogP) is -0.213. The van der Waals surface area contributed by atoms with E-state index in [1.54, 1.807) is 11.9 Å². The Balaban J connectivity index is 2.53. The Morgan fingerprint density at radius 1 is 1.83 bits per heavy atom. The van der Waals surface area contributed by atoms with E-state index in [0.717, 1.165) is 11.3 Å². The quantitative estimate of drug-likeness (QED) is 0.659. The first-order valence-corrected chi connectivity index (χ1v) is 4.14. The molecule has 0 saturated heterocycles. The lowest BCUT2D eigenvalue weighted by Crippen LogP contribution is -2.17. The van der Waals surface area contributed by atoms with Gasteiger partial charge in [-0.3, -0.25) is 9.69 Å². The van der Waals surface area contributed by atoms with Crippen molar-refractivity contribution in [1.29, 1.82) is 5.26 Å². The summed E-state index contributed by atoms with van der Waals surface area (Å²) in [5.74, 6) is 0. The fourth-order valence-corrected chi connectivity index (χ4v) is 1.42. The summed E-state index contributed by atoms with van der Waals surface area (Å²) in [5.41, 5.74) is 0. The Morgan fingerprint density at radius 2 is 2.58 bits per heavy atom. The number of nitriles is 1. The van der Waals surface area contributed by atoms with Crippen molar-refractivity contribution in [2.45, 2.75) is 6.54 Å². The number of rotatable bonds is 3. The van der Waals surface area contributed by atoms with Crippen LogP contribution in [-0.2, 0) is 6.54 Å². The van der Waals surface area contributed by atoms with Gasteiger partial charge in [-0.2, -0.15) is 10.4 Å². The van der Waals surface area contributed by atoms with Gasteiger partial charge in [-0.05, 0) is 7.05 Å². The summed E-state index contributed by atoms with van der Waals surface area (Å²) in [5, 5.41) is 15.1. The molecule has 0 aliphatic heterocycles. The molecule has 0 saturated carbocycles. The van der Waals surface area contributed by atoms with E-state index in [-0.39, 0.29) is 4.87 Å². The Labute approximate surface area is 73.3 Å². The molecule has 0 bridgehead atoms. The van der Waals surface area contributed by atoms with E-state index in [9.17, 15) is 4.79 Å². The molecule has 0 radical (unpaired) electrons. The van der Waals surface area contributed by atoms with Crippen LogP contribution in [0.25, 0.3) is 0 Å². The molecule has 6 heteroatoms. The monoisotopic (exact) mass is 184 g/mol. The summed E-state index contributed by atoms with van der Waals surface area (Å²) >= 11 is 1.07. The van der Waals surface area contributed by atoms with Crippen LogP contribution >= 0.6 is 11.3 Å². The minimum absolute atomic E-state index is 0.157. The van der Waals surface area contributed by atoms with E-state index in [2.05, 4.69) is 10.2 Å². The predicted molar refractivity (Wildman–Crippen MR) is 44.7 cm³/mol. The highest BCUT2D eigenvalue weighted by atomic mass is 32.1. The summed E-state index contributed by atoms with van der Waals surface area (Å²) in [6.07, 6.45) is 0. The van der Waals surface area contributed by atoms with Gasteiger partial charge in [-0.25, -0.2) is 5.10 Å². The first kappa shape index (κ1) is 8.90. The van der Waals surface area contributed by atoms with Gasteiger partial charge in [0.15, 0.2) is 0 Å². The van der Waals surface area contributed by atoms with E-state index in [0.29, 0.717) is 18.1 Å². The molecule has 0 amide bonds. The standard InChI is InChI=1S/C6H8N4OS/c1-10(3-2-7)4-5-8-9-6(11)12-5/h3-4H2,1H3,(H,9,11). The summed E-state index contributed by atoms with van der Waals surface area (Å²) < 4.78 is 0. The van der Waals surface area contributed by atoms with Crippen molar-refractivity contribution in [3.8, 4) is 6.07 Å². The fraction of sp³-hybridized carbons (Fsp3) is 0.500. The molecule has 0 aliphatic rings. The van der Waals surface area contributed by atoms with Gasteiger partial charge in [-0.15, -0.1) is 0 Å². The summed E-state index contributed by atoms with van der Waals surface area (Å²) in [6.45, 7) is 0.880. The topological polar surface area (TPSA) is 72.8 Å². The van der Waals surface area contributed by atoms with Gasteiger partial charge in [0.05, 0.1) is 19.2 Å². The average Bonchev–Trinajstić information content (AvgIpc) is 2.36. The maximum Gasteiger partial charge on any atom is 0.322 e. The Bertz CT molecular complexity index is 336. The van der Waals surface area contributed by atoms with E-state index in [1.165, 1.54) is 0 Å². The third-order valence-corrected chi connectivity index (χ3v) is 1.96. The number of aromatic nitrogens is 2. The van der Waals surface area contributed by atoms with Crippen molar-refractivity contribution < 1.29 is 0 Å². The minimum atomic E-state index is -0.157. The second-order valence-corrected chi connectivity index (χ2v) is 3.38. The van der Waals surface area contributed by atoms with Gasteiger partial charge in [0, 0.05) is 0 Å². The van der Waals surface area contributed by atoms with Crippen LogP contribution in [0.5, 0.6) is 0 Å². The first-order chi connectivity index (χ1) is 5.72. The Hall–Kier alpha value is -1.19. The molecule has 1 aromatic rings. The van der Waals surface area contributed by atoms with Crippen LogP contribution in [0, 0.1) is 11.3 Å². The zero-order chi connectivity index (χ0) is 8.97. The number of nitrogens with one attached hydrogen (secondary N) is 1. The molecule has 1 heterocycles. The van der Waals surface area contributed by atoms with Crippen molar-refractivity contribution in [3.05, 3.63) is 14.7 Å². The lowest BCUT2D eigenvalue weighted by molar-refractivity contribution is 0.365. The smallest absolute Gasteiger partial charge is 0.287 e. The number of hydrogen-bond donors (Lipinski definition) is 1. The lowest BCUT2D eigenvalue weighted by atomic mass is 10.5. The SMILES string of the molecule is CN(CC#N)Cc1n[nH]c(=O)s1. The van der Waals surface area contributed by atoms with E-state index in [4.69, 9.17) is 5.26 Å². The van der Waals surface area contributed by atoms with Crippen LogP contribution in [0.15, 0.2) is 4.79 Å². The number of aromatic amines is 1. The zero-order valence-electron chi connectivity index (χ0n) is 6.57. The maximum atomic E-state index is 10.6. The molecule has 0 unspecified atom stereocenters. The van der Waals surface area contributed by atoms with Gasteiger partial charge >= 0.3 is 4.87 Å². The second kappa shape index (κ2) is 3.99. The minimum Gasteiger partial charge on any atom is -0.287 e. The molecular formula is C6H8N4OS. The van der Waals surface area contributed by atoms with Crippen molar-refractivity contribution in [2.24, 2.45) is 0 Å². The van der Waals surface area contributed by atoms with Crippen LogP contribution in [0.4, 0.5) is 0 Å². The van der Waals surface area contributed by atoms with Gasteiger partial charge < -0.3 is 0 Å². The number of H-pyrrole nitrogens is 1. The van der Waals surface area contributed by atoms with Gasteiger partial charge in [0.25, 0.3) is 0 Å². The van der Waals surface area contributed by atoms with Gasteiger partial charge in [0.2, 0.25) is 0 Å². The lowest BCUT2D eigenvalue weighted by Gasteiger charge is -2.07. The van der Waals surface area contributed by atoms with E-state index >= 15 is 0 Å². The van der Waals surface area contributed by atoms with Crippen LogP contribution in [-0.4, -0.2) is 28.7 Å². The molecule has 64 valence electrons. The molecule has 5 nitrogen and oxygen atoms in total. The van der Waals surface area contributed by atoms with Gasteiger partial charge in [0.1, 0.15) is 5.01 Å². The number of nitrogens with zero attached hydrogens (tertiary/aromatic N) is 3. The summed E-state index contributed by atoms with van der Waals surface area (Å²) in [4.78, 5) is 12.3. The summed E-state index contributed by atoms with van der Waals surface area (Å²) in [7, 11) is 1.80. The number of hydrogen-bond acceptors (Lipinski definition) is 5. The Kier molecular flexibility index (Phi) is 2.96. The molecule has 0 aromatic carbocycles. The van der Waals surface area contributed by atoms with Crippen molar-refractivity contribution >= 4 is 11.3 Å². The van der Waals surface area contributed by atoms with Crippen LogP contribution in [0.3, 0.4) is 0 Å². The highest BCUT2D eigenvalue weighted by molar-refractivity contribution is 7.08. The maximum absolute atomic E-state index is 10.6. The van der Waals surface area contributed by atoms with Crippen molar-refractivity contribution in [2.75, 3.05) is 13.6 Å². The zero-order valence-corrected chi connectivity index (χ0v) is 7.39. The second-order valence-electron chi connectivity index (χ2n) is 2.34. The largest absolute Gasteiger partial charge is 0.322 e. The molecular weight excluding hydrogens is 176 g/mol. The van der Waals surface area contributed by atoms with Gasteiger partial charge in [-0.1, -0.05) is 11.3 Å². The van der Waals surface area contributed by atoms with Crippen molar-refractivity contribution in [3.63, 3.8) is 0 Å². The molecule has 12 heavy (non-hydrogen) atoms. The molecule has 0 atom stereocenters. The third-order valence-electron chi connectivity index (χ3n) is 1.23. The molecule has 1 rings (SSSR count). The average molecular weight is 184 g/mol. The Morgan fingerprint density at radius 3 is 3.08 bits per heavy atom. The fourth-order valence-electron chi connectivity index (χ4n) is 0.736. The first-order valence-electron chi connectivity index (χ1n) is 3.32. The van der Waals surface area contributed by atoms with Crippen molar-refractivity contribution in [1.82, 2.24) is 15.1 Å². The van der Waals surface area contributed by atoms with Crippen LogP contribution in [0.1, 0.15) is 5.01 Å². The molecule has 0 spiro atoms. The third kappa shape index (κ3) is 2.45. The highest BCUT2D eigenvalue weighted by Gasteiger charge is 2.02. The molecule has 1 aromatic heterocycles. The molecule has 0 aliphatic carbocycles. The summed E-state index contributed by atoms with van der Waals surface area (Å²) in [6, 6.07) is 2.01. The molecule has 1 N–H and O–H groups in total. The molecule has 0 fully saturated rings. The van der Waals surface area contributed by atoms with Crippen LogP contribution < -0.4 is 4.87 Å². The van der Waals surface area contributed by atoms with E-state index < -0.39 is 0 Å². The van der Waals surface area contributed by atoms with Crippen LogP contribution in [0.2, 0.25) is 0 Å².